The predicted octanol–water partition coefficient (Wildman–Crippen LogP) is 1.84. The van der Waals surface area contributed by atoms with Gasteiger partial charge in [0, 0.05) is 23.4 Å². The summed E-state index contributed by atoms with van der Waals surface area (Å²) in [6.45, 7) is -0.298. The smallest absolute Gasteiger partial charge is 0.255 e. The summed E-state index contributed by atoms with van der Waals surface area (Å²) in [6, 6.07) is 7.77. The quantitative estimate of drug-likeness (QED) is 0.670. The van der Waals surface area contributed by atoms with Crippen LogP contribution in [0, 0.1) is 0 Å². The van der Waals surface area contributed by atoms with Crippen molar-refractivity contribution >= 4 is 17.5 Å². The summed E-state index contributed by atoms with van der Waals surface area (Å²) in [5.74, 6) is 0.806. The van der Waals surface area contributed by atoms with Crippen molar-refractivity contribution in [3.8, 4) is 28.7 Å². The Balaban J connectivity index is 2.26. The Morgan fingerprint density at radius 2 is 1.46 bits per heavy atom. The first-order chi connectivity index (χ1) is 13.4. The van der Waals surface area contributed by atoms with Crippen LogP contribution in [-0.2, 0) is 4.79 Å². The van der Waals surface area contributed by atoms with Crippen molar-refractivity contribution in [2.75, 3.05) is 40.4 Å². The normalized spacial score (nSPS) is 10.0. The third kappa shape index (κ3) is 4.76. The molecule has 9 nitrogen and oxygen atoms in total. The third-order valence-electron chi connectivity index (χ3n) is 3.72. The lowest BCUT2D eigenvalue weighted by molar-refractivity contribution is -0.119. The molecule has 0 atom stereocenters. The average molecular weight is 390 g/mol. The standard InChI is InChI=1S/C19H22N2O7/c1-24-14-7-11(5-6-13(14)28-10-17(20)22)19(23)21-12-8-15(25-2)18(27-4)16(9-12)26-3/h5-9H,10H2,1-4H3,(H2,20,22)(H,21,23). The molecule has 0 saturated heterocycles. The van der Waals surface area contributed by atoms with Crippen LogP contribution in [0.5, 0.6) is 28.7 Å². The van der Waals surface area contributed by atoms with Gasteiger partial charge >= 0.3 is 0 Å². The Morgan fingerprint density at radius 3 is 1.96 bits per heavy atom. The monoisotopic (exact) mass is 390 g/mol. The second-order valence-corrected chi connectivity index (χ2v) is 5.49. The molecule has 0 aliphatic rings. The van der Waals surface area contributed by atoms with E-state index in [-0.39, 0.29) is 6.61 Å². The minimum atomic E-state index is -0.619. The van der Waals surface area contributed by atoms with E-state index in [1.165, 1.54) is 46.6 Å². The number of benzene rings is 2. The molecular weight excluding hydrogens is 368 g/mol. The zero-order valence-corrected chi connectivity index (χ0v) is 16.0. The molecule has 2 aromatic rings. The first kappa shape index (κ1) is 20.7. The number of ether oxygens (including phenoxy) is 5. The summed E-state index contributed by atoms with van der Waals surface area (Å²) in [5.41, 5.74) is 5.83. The predicted molar refractivity (Wildman–Crippen MR) is 102 cm³/mol. The Hall–Kier alpha value is -3.62. The number of rotatable bonds is 9. The number of hydrogen-bond donors (Lipinski definition) is 2. The minimum absolute atomic E-state index is 0.291. The molecule has 0 fully saturated rings. The van der Waals surface area contributed by atoms with Crippen molar-refractivity contribution < 1.29 is 33.3 Å². The highest BCUT2D eigenvalue weighted by Gasteiger charge is 2.16. The number of nitrogens with one attached hydrogen (secondary N) is 1. The molecule has 0 aliphatic carbocycles. The molecule has 0 saturated carbocycles. The number of primary amides is 1. The van der Waals surface area contributed by atoms with Crippen LogP contribution in [0.1, 0.15) is 10.4 Å². The van der Waals surface area contributed by atoms with Crippen molar-refractivity contribution in [1.29, 1.82) is 0 Å². The molecule has 0 aromatic heterocycles. The minimum Gasteiger partial charge on any atom is -0.493 e. The van der Waals surface area contributed by atoms with Crippen LogP contribution >= 0.6 is 0 Å². The maximum atomic E-state index is 12.6. The van der Waals surface area contributed by atoms with Gasteiger partial charge in [-0.1, -0.05) is 0 Å². The van der Waals surface area contributed by atoms with Crippen LogP contribution < -0.4 is 34.7 Å². The Kier molecular flexibility index (Phi) is 6.91. The highest BCUT2D eigenvalue weighted by atomic mass is 16.5. The van der Waals surface area contributed by atoms with Crippen molar-refractivity contribution in [3.63, 3.8) is 0 Å². The van der Waals surface area contributed by atoms with Gasteiger partial charge in [-0.15, -0.1) is 0 Å². The molecule has 9 heteroatoms. The Bertz CT molecular complexity index is 842. The van der Waals surface area contributed by atoms with Crippen molar-refractivity contribution in [1.82, 2.24) is 0 Å². The molecular formula is C19H22N2O7. The summed E-state index contributed by atoms with van der Waals surface area (Å²) in [7, 11) is 5.89. The van der Waals surface area contributed by atoms with Gasteiger partial charge < -0.3 is 34.7 Å². The molecule has 28 heavy (non-hydrogen) atoms. The highest BCUT2D eigenvalue weighted by Crippen LogP contribution is 2.40. The fourth-order valence-electron chi connectivity index (χ4n) is 2.43. The SMILES string of the molecule is COc1cc(C(=O)Nc2cc(OC)c(OC)c(OC)c2)ccc1OCC(N)=O. The molecule has 0 aliphatic heterocycles. The van der Waals surface area contributed by atoms with E-state index < -0.39 is 11.8 Å². The fraction of sp³-hybridized carbons (Fsp3) is 0.263. The number of methoxy groups -OCH3 is 4. The van der Waals surface area contributed by atoms with Crippen LogP contribution in [0.25, 0.3) is 0 Å². The lowest BCUT2D eigenvalue weighted by atomic mass is 10.1. The molecule has 0 unspecified atom stereocenters. The maximum absolute atomic E-state index is 12.6. The summed E-state index contributed by atoms with van der Waals surface area (Å²) in [4.78, 5) is 23.5. The summed E-state index contributed by atoms with van der Waals surface area (Å²) >= 11 is 0. The van der Waals surface area contributed by atoms with Crippen LogP contribution in [-0.4, -0.2) is 46.9 Å². The van der Waals surface area contributed by atoms with Gasteiger partial charge in [0.15, 0.2) is 29.6 Å². The molecule has 2 amide bonds. The molecule has 150 valence electrons. The number of hydrogen-bond acceptors (Lipinski definition) is 7. The van der Waals surface area contributed by atoms with Crippen molar-refractivity contribution in [2.45, 2.75) is 0 Å². The summed E-state index contributed by atoms with van der Waals surface area (Å²) in [6.07, 6.45) is 0. The van der Waals surface area contributed by atoms with E-state index in [4.69, 9.17) is 29.4 Å². The van der Waals surface area contributed by atoms with Gasteiger partial charge in [0.2, 0.25) is 5.75 Å². The Morgan fingerprint density at radius 1 is 0.857 bits per heavy atom. The molecule has 0 heterocycles. The number of anilines is 1. The van der Waals surface area contributed by atoms with Gasteiger partial charge in [-0.25, -0.2) is 0 Å². The van der Waals surface area contributed by atoms with E-state index in [0.29, 0.717) is 40.0 Å². The number of carbonyl (C=O) groups excluding carboxylic acids is 2. The second kappa shape index (κ2) is 9.36. The summed E-state index contributed by atoms with van der Waals surface area (Å²) in [5, 5.41) is 2.75. The van der Waals surface area contributed by atoms with Crippen LogP contribution in [0.4, 0.5) is 5.69 Å². The van der Waals surface area contributed by atoms with Crippen molar-refractivity contribution in [3.05, 3.63) is 35.9 Å². The molecule has 0 bridgehead atoms. The van der Waals surface area contributed by atoms with E-state index >= 15 is 0 Å². The van der Waals surface area contributed by atoms with Gasteiger partial charge in [-0.05, 0) is 18.2 Å². The molecule has 2 rings (SSSR count). The molecule has 2 aromatic carbocycles. The van der Waals surface area contributed by atoms with Crippen LogP contribution in [0.3, 0.4) is 0 Å². The van der Waals surface area contributed by atoms with Gasteiger partial charge in [-0.2, -0.15) is 0 Å². The third-order valence-corrected chi connectivity index (χ3v) is 3.72. The fourth-order valence-corrected chi connectivity index (χ4v) is 2.43. The van der Waals surface area contributed by atoms with E-state index in [0.717, 1.165) is 0 Å². The van der Waals surface area contributed by atoms with Crippen molar-refractivity contribution in [2.24, 2.45) is 5.73 Å². The van der Waals surface area contributed by atoms with E-state index in [2.05, 4.69) is 5.32 Å². The van der Waals surface area contributed by atoms with Crippen LogP contribution in [0.15, 0.2) is 30.3 Å². The highest BCUT2D eigenvalue weighted by molar-refractivity contribution is 6.05. The van der Waals surface area contributed by atoms with E-state index in [1.54, 1.807) is 12.1 Å². The number of carbonyl (C=O) groups is 2. The van der Waals surface area contributed by atoms with Gasteiger partial charge in [0.1, 0.15) is 0 Å². The second-order valence-electron chi connectivity index (χ2n) is 5.49. The number of nitrogens with two attached hydrogens (primary N) is 1. The topological polar surface area (TPSA) is 118 Å². The van der Waals surface area contributed by atoms with Crippen LogP contribution in [0.2, 0.25) is 0 Å². The first-order valence-corrected chi connectivity index (χ1v) is 8.14. The van der Waals surface area contributed by atoms with E-state index in [1.807, 2.05) is 0 Å². The first-order valence-electron chi connectivity index (χ1n) is 8.14. The maximum Gasteiger partial charge on any atom is 0.255 e. The van der Waals surface area contributed by atoms with Gasteiger partial charge in [0.05, 0.1) is 28.4 Å². The summed E-state index contributed by atoms with van der Waals surface area (Å²) < 4.78 is 26.3. The zero-order valence-electron chi connectivity index (χ0n) is 16.0. The lowest BCUT2D eigenvalue weighted by Gasteiger charge is -2.15. The van der Waals surface area contributed by atoms with E-state index in [9.17, 15) is 9.59 Å². The van der Waals surface area contributed by atoms with Gasteiger partial charge in [0.25, 0.3) is 11.8 Å². The average Bonchev–Trinajstić information content (AvgIpc) is 2.70. The number of amides is 2. The Labute approximate surface area is 162 Å². The zero-order chi connectivity index (χ0) is 20.7. The largest absolute Gasteiger partial charge is 0.493 e. The molecule has 0 radical (unpaired) electrons. The molecule has 3 N–H and O–H groups in total. The lowest BCUT2D eigenvalue weighted by Crippen LogP contribution is -2.20. The van der Waals surface area contributed by atoms with Gasteiger partial charge in [-0.3, -0.25) is 9.59 Å². The molecule has 0 spiro atoms.